The van der Waals surface area contributed by atoms with Gasteiger partial charge in [-0.3, -0.25) is 0 Å². The molecule has 1 saturated heterocycles. The highest BCUT2D eigenvalue weighted by Crippen LogP contribution is 2.28. The Labute approximate surface area is 129 Å². The van der Waals surface area contributed by atoms with Crippen LogP contribution in [0.2, 0.25) is 0 Å². The van der Waals surface area contributed by atoms with E-state index in [4.69, 9.17) is 0 Å². The minimum absolute atomic E-state index is 0.728. The summed E-state index contributed by atoms with van der Waals surface area (Å²) in [5.74, 6) is 0.728. The third-order valence-electron chi connectivity index (χ3n) is 3.82. The summed E-state index contributed by atoms with van der Waals surface area (Å²) in [5, 5.41) is 4.74. The Morgan fingerprint density at radius 3 is 2.25 bits per heavy atom. The predicted octanol–water partition coefficient (Wildman–Crippen LogP) is 5.15. The van der Waals surface area contributed by atoms with E-state index in [9.17, 15) is 0 Å². The molecule has 1 aromatic rings. The first-order valence-electron chi connectivity index (χ1n) is 8.47. The van der Waals surface area contributed by atoms with E-state index in [1.807, 2.05) is 17.5 Å². The van der Waals surface area contributed by atoms with Gasteiger partial charge in [-0.25, -0.2) is 4.98 Å². The van der Waals surface area contributed by atoms with Gasteiger partial charge in [-0.2, -0.15) is 0 Å². The number of piperidine rings is 1. The molecule has 3 heteroatoms. The van der Waals surface area contributed by atoms with E-state index < -0.39 is 0 Å². The average molecular weight is 297 g/mol. The zero-order valence-corrected chi connectivity index (χ0v) is 14.4. The Hall–Kier alpha value is -0.410. The van der Waals surface area contributed by atoms with E-state index >= 15 is 0 Å². The number of aromatic nitrogens is 1. The SMILES string of the molecule is CCCCCCC.CCc1cnc(C2CCNCC2)s1. The van der Waals surface area contributed by atoms with Gasteiger partial charge >= 0.3 is 0 Å². The first-order chi connectivity index (χ1) is 9.81. The Balaban J connectivity index is 0.000000246. The molecule has 1 aliphatic heterocycles. The Kier molecular flexibility index (Phi) is 9.94. The van der Waals surface area contributed by atoms with E-state index in [0.717, 1.165) is 25.4 Å². The van der Waals surface area contributed by atoms with Gasteiger partial charge in [-0.15, -0.1) is 11.3 Å². The van der Waals surface area contributed by atoms with E-state index in [1.165, 1.54) is 54.8 Å². The fourth-order valence-electron chi connectivity index (χ4n) is 2.42. The molecule has 2 rings (SSSR count). The van der Waals surface area contributed by atoms with Gasteiger partial charge in [0, 0.05) is 17.0 Å². The summed E-state index contributed by atoms with van der Waals surface area (Å²) in [6, 6.07) is 0. The zero-order valence-electron chi connectivity index (χ0n) is 13.6. The third kappa shape index (κ3) is 6.85. The van der Waals surface area contributed by atoms with Gasteiger partial charge in [-0.05, 0) is 32.4 Å². The fraction of sp³-hybridized carbons (Fsp3) is 0.824. The van der Waals surface area contributed by atoms with Crippen molar-refractivity contribution in [2.45, 2.75) is 78.1 Å². The van der Waals surface area contributed by atoms with Crippen LogP contribution >= 0.6 is 11.3 Å². The molecule has 0 aromatic carbocycles. The van der Waals surface area contributed by atoms with Gasteiger partial charge in [-0.1, -0.05) is 52.9 Å². The van der Waals surface area contributed by atoms with Crippen LogP contribution in [0.25, 0.3) is 0 Å². The quantitative estimate of drug-likeness (QED) is 0.734. The second kappa shape index (κ2) is 11.3. The number of thiazole rings is 1. The number of nitrogens with zero attached hydrogens (tertiary/aromatic N) is 1. The topological polar surface area (TPSA) is 24.9 Å². The number of hydrogen-bond acceptors (Lipinski definition) is 3. The maximum atomic E-state index is 4.50. The van der Waals surface area contributed by atoms with E-state index in [2.05, 4.69) is 31.1 Å². The lowest BCUT2D eigenvalue weighted by molar-refractivity contribution is 0.459. The Morgan fingerprint density at radius 2 is 1.75 bits per heavy atom. The molecule has 1 N–H and O–H groups in total. The van der Waals surface area contributed by atoms with Gasteiger partial charge in [0.1, 0.15) is 0 Å². The van der Waals surface area contributed by atoms with Crippen molar-refractivity contribution in [2.24, 2.45) is 0 Å². The van der Waals surface area contributed by atoms with Crippen molar-refractivity contribution in [3.8, 4) is 0 Å². The van der Waals surface area contributed by atoms with Crippen LogP contribution in [-0.4, -0.2) is 18.1 Å². The molecule has 116 valence electrons. The summed E-state index contributed by atoms with van der Waals surface area (Å²) in [6.07, 6.45) is 12.7. The molecule has 2 nitrogen and oxygen atoms in total. The maximum Gasteiger partial charge on any atom is 0.0959 e. The fourth-order valence-corrected chi connectivity index (χ4v) is 3.45. The molecule has 1 fully saturated rings. The van der Waals surface area contributed by atoms with Gasteiger partial charge in [0.15, 0.2) is 0 Å². The number of nitrogens with one attached hydrogen (secondary N) is 1. The maximum absolute atomic E-state index is 4.50. The highest BCUT2D eigenvalue weighted by molar-refractivity contribution is 7.11. The van der Waals surface area contributed by atoms with Crippen LogP contribution in [0.1, 0.15) is 81.5 Å². The first kappa shape index (κ1) is 17.6. The van der Waals surface area contributed by atoms with Crippen molar-refractivity contribution >= 4 is 11.3 Å². The summed E-state index contributed by atoms with van der Waals surface area (Å²) in [7, 11) is 0. The summed E-state index contributed by atoms with van der Waals surface area (Å²) in [5.41, 5.74) is 0. The average Bonchev–Trinajstić information content (AvgIpc) is 2.98. The van der Waals surface area contributed by atoms with Crippen molar-refractivity contribution in [1.82, 2.24) is 10.3 Å². The number of rotatable bonds is 6. The van der Waals surface area contributed by atoms with Crippen molar-refractivity contribution in [1.29, 1.82) is 0 Å². The highest BCUT2D eigenvalue weighted by atomic mass is 32.1. The lowest BCUT2D eigenvalue weighted by atomic mass is 9.99. The molecular formula is C17H32N2S. The Morgan fingerprint density at radius 1 is 1.10 bits per heavy atom. The lowest BCUT2D eigenvalue weighted by Gasteiger charge is -2.20. The largest absolute Gasteiger partial charge is 0.317 e. The van der Waals surface area contributed by atoms with Crippen LogP contribution in [0.3, 0.4) is 0 Å². The van der Waals surface area contributed by atoms with Crippen LogP contribution in [0.5, 0.6) is 0 Å². The van der Waals surface area contributed by atoms with Crippen molar-refractivity contribution in [3.63, 3.8) is 0 Å². The van der Waals surface area contributed by atoms with E-state index in [1.54, 1.807) is 0 Å². The molecule has 0 aliphatic carbocycles. The molecule has 0 atom stereocenters. The molecule has 0 saturated carbocycles. The van der Waals surface area contributed by atoms with Crippen molar-refractivity contribution in [2.75, 3.05) is 13.1 Å². The molecule has 0 unspecified atom stereocenters. The normalized spacial score (nSPS) is 15.8. The Bertz CT molecular complexity index is 325. The molecule has 20 heavy (non-hydrogen) atoms. The van der Waals surface area contributed by atoms with Gasteiger partial charge in [0.05, 0.1) is 5.01 Å². The van der Waals surface area contributed by atoms with Crippen LogP contribution in [0, 0.1) is 0 Å². The molecule has 1 aromatic heterocycles. The van der Waals surface area contributed by atoms with Crippen LogP contribution < -0.4 is 5.32 Å². The van der Waals surface area contributed by atoms with Gasteiger partial charge in [0.25, 0.3) is 0 Å². The number of unbranched alkanes of at least 4 members (excludes halogenated alkanes) is 4. The van der Waals surface area contributed by atoms with E-state index in [0.29, 0.717) is 0 Å². The minimum Gasteiger partial charge on any atom is -0.317 e. The summed E-state index contributed by atoms with van der Waals surface area (Å²) in [4.78, 5) is 5.93. The smallest absolute Gasteiger partial charge is 0.0959 e. The van der Waals surface area contributed by atoms with Crippen LogP contribution in [0.4, 0.5) is 0 Å². The van der Waals surface area contributed by atoms with Crippen molar-refractivity contribution < 1.29 is 0 Å². The summed E-state index contributed by atoms with van der Waals surface area (Å²) in [6.45, 7) is 9.00. The molecule has 0 radical (unpaired) electrons. The number of hydrogen-bond donors (Lipinski definition) is 1. The molecule has 1 aliphatic rings. The second-order valence-electron chi connectivity index (χ2n) is 5.60. The molecule has 0 amide bonds. The van der Waals surface area contributed by atoms with Crippen molar-refractivity contribution in [3.05, 3.63) is 16.1 Å². The molecule has 0 spiro atoms. The predicted molar refractivity (Wildman–Crippen MR) is 90.8 cm³/mol. The highest BCUT2D eigenvalue weighted by Gasteiger charge is 2.17. The van der Waals surface area contributed by atoms with Gasteiger partial charge in [0.2, 0.25) is 0 Å². The summed E-state index contributed by atoms with van der Waals surface area (Å²) < 4.78 is 0. The lowest BCUT2D eigenvalue weighted by Crippen LogP contribution is -2.26. The monoisotopic (exact) mass is 296 g/mol. The third-order valence-corrected chi connectivity index (χ3v) is 5.12. The summed E-state index contributed by atoms with van der Waals surface area (Å²) >= 11 is 1.90. The second-order valence-corrected chi connectivity index (χ2v) is 6.75. The molecular weight excluding hydrogens is 264 g/mol. The standard InChI is InChI=1S/C10H16N2S.C7H16/c1-2-9-7-12-10(13-9)8-3-5-11-6-4-8;1-3-5-7-6-4-2/h7-8,11H,2-6H2,1H3;3-7H2,1-2H3. The minimum atomic E-state index is 0.728. The molecule has 2 heterocycles. The number of aryl methyl sites for hydroxylation is 1. The van der Waals surface area contributed by atoms with E-state index in [-0.39, 0.29) is 0 Å². The van der Waals surface area contributed by atoms with Crippen LogP contribution in [0.15, 0.2) is 6.20 Å². The first-order valence-corrected chi connectivity index (χ1v) is 9.28. The van der Waals surface area contributed by atoms with Crippen LogP contribution in [-0.2, 0) is 6.42 Å². The molecule has 0 bridgehead atoms. The van der Waals surface area contributed by atoms with Gasteiger partial charge < -0.3 is 5.32 Å². The zero-order chi connectivity index (χ0) is 14.6.